The lowest BCUT2D eigenvalue weighted by Gasteiger charge is -2.30. The summed E-state index contributed by atoms with van der Waals surface area (Å²) in [7, 11) is 0. The second-order valence-corrected chi connectivity index (χ2v) is 5.98. The first-order valence-electron chi connectivity index (χ1n) is 7.39. The highest BCUT2D eigenvalue weighted by molar-refractivity contribution is 5.07. The number of nitrogens with zero attached hydrogens (tertiary/aromatic N) is 2. The smallest absolute Gasteiger partial charge is 0.232 e. The molecule has 0 radical (unpaired) electrons. The van der Waals surface area contributed by atoms with Gasteiger partial charge in [0.05, 0.1) is 0 Å². The number of rotatable bonds is 5. The molecule has 1 unspecified atom stereocenters. The second-order valence-electron chi connectivity index (χ2n) is 5.98. The lowest BCUT2D eigenvalue weighted by Crippen LogP contribution is -2.37. The fraction of sp³-hybridized carbons (Fsp3) is 0.857. The maximum atomic E-state index is 5.79. The quantitative estimate of drug-likeness (QED) is 0.884. The summed E-state index contributed by atoms with van der Waals surface area (Å²) in [6, 6.07) is 0. The van der Waals surface area contributed by atoms with Gasteiger partial charge in [-0.05, 0) is 51.6 Å². The Kier molecular flexibility index (Phi) is 3.58. The lowest BCUT2D eigenvalue weighted by atomic mass is 9.81. The van der Waals surface area contributed by atoms with Crippen LogP contribution in [0.2, 0.25) is 0 Å². The molecule has 19 heavy (non-hydrogen) atoms. The summed E-state index contributed by atoms with van der Waals surface area (Å²) >= 11 is 0. The Hall–Kier alpha value is -0.940. The summed E-state index contributed by atoms with van der Waals surface area (Å²) in [4.78, 5) is 4.66. The Morgan fingerprint density at radius 2 is 2.16 bits per heavy atom. The van der Waals surface area contributed by atoms with Crippen molar-refractivity contribution in [3.63, 3.8) is 0 Å². The van der Waals surface area contributed by atoms with Crippen LogP contribution in [0.15, 0.2) is 4.52 Å². The van der Waals surface area contributed by atoms with Crippen LogP contribution < -0.4 is 5.32 Å². The van der Waals surface area contributed by atoms with Gasteiger partial charge in [0.1, 0.15) is 6.10 Å². The van der Waals surface area contributed by atoms with Gasteiger partial charge >= 0.3 is 0 Å². The van der Waals surface area contributed by atoms with E-state index in [1.165, 1.54) is 12.8 Å². The maximum absolute atomic E-state index is 5.79. The van der Waals surface area contributed by atoms with E-state index in [2.05, 4.69) is 22.4 Å². The molecule has 1 saturated carbocycles. The number of nitrogens with one attached hydrogen (secondary N) is 1. The Balaban J connectivity index is 1.77. The fourth-order valence-corrected chi connectivity index (χ4v) is 2.79. The number of hydrogen-bond donors (Lipinski definition) is 1. The van der Waals surface area contributed by atoms with Gasteiger partial charge in [-0.3, -0.25) is 0 Å². The van der Waals surface area contributed by atoms with Crippen molar-refractivity contribution < 1.29 is 9.26 Å². The average Bonchev–Trinajstić information content (AvgIpc) is 3.13. The van der Waals surface area contributed by atoms with Gasteiger partial charge in [-0.15, -0.1) is 0 Å². The largest absolute Gasteiger partial charge is 0.370 e. The second kappa shape index (κ2) is 5.21. The predicted molar refractivity (Wildman–Crippen MR) is 70.8 cm³/mol. The van der Waals surface area contributed by atoms with E-state index < -0.39 is 0 Å². The van der Waals surface area contributed by atoms with Gasteiger partial charge in [0.2, 0.25) is 11.7 Å². The van der Waals surface area contributed by atoms with Crippen LogP contribution in [0.25, 0.3) is 0 Å². The molecule has 1 saturated heterocycles. The number of aromatic nitrogens is 2. The van der Waals surface area contributed by atoms with Gasteiger partial charge < -0.3 is 14.6 Å². The van der Waals surface area contributed by atoms with Gasteiger partial charge in [0.25, 0.3) is 0 Å². The maximum Gasteiger partial charge on any atom is 0.232 e. The van der Waals surface area contributed by atoms with E-state index in [4.69, 9.17) is 9.26 Å². The van der Waals surface area contributed by atoms with Gasteiger partial charge in [0, 0.05) is 12.0 Å². The Morgan fingerprint density at radius 1 is 1.42 bits per heavy atom. The molecule has 5 heteroatoms. The third-order valence-corrected chi connectivity index (χ3v) is 4.32. The van der Waals surface area contributed by atoms with E-state index in [0.29, 0.717) is 12.5 Å². The predicted octanol–water partition coefficient (Wildman–Crippen LogP) is 2.20. The monoisotopic (exact) mass is 265 g/mol. The zero-order valence-corrected chi connectivity index (χ0v) is 11.8. The van der Waals surface area contributed by atoms with E-state index in [-0.39, 0.29) is 11.5 Å². The minimum atomic E-state index is 0.0246. The Labute approximate surface area is 114 Å². The summed E-state index contributed by atoms with van der Waals surface area (Å²) < 4.78 is 11.3. The number of hydrogen-bond acceptors (Lipinski definition) is 5. The SMILES string of the molecule is CCOC(c1noc(C2(C)CCNCC2)n1)C1CC1. The fourth-order valence-electron chi connectivity index (χ4n) is 2.79. The van der Waals surface area contributed by atoms with Crippen LogP contribution in [0, 0.1) is 5.92 Å². The van der Waals surface area contributed by atoms with Crippen LogP contribution in [-0.4, -0.2) is 29.8 Å². The van der Waals surface area contributed by atoms with Crippen molar-refractivity contribution in [2.24, 2.45) is 5.92 Å². The molecule has 2 fully saturated rings. The average molecular weight is 265 g/mol. The van der Waals surface area contributed by atoms with Crippen LogP contribution in [0.5, 0.6) is 0 Å². The summed E-state index contributed by atoms with van der Waals surface area (Å²) in [5.74, 6) is 2.12. The molecule has 0 spiro atoms. The van der Waals surface area contributed by atoms with Crippen molar-refractivity contribution in [3.8, 4) is 0 Å². The van der Waals surface area contributed by atoms with Crippen LogP contribution in [-0.2, 0) is 10.2 Å². The Bertz CT molecular complexity index is 422. The molecule has 3 rings (SSSR count). The number of ether oxygens (including phenoxy) is 1. The molecule has 2 heterocycles. The summed E-state index contributed by atoms with van der Waals surface area (Å²) in [6.45, 7) is 6.98. The highest BCUT2D eigenvalue weighted by Crippen LogP contribution is 2.43. The van der Waals surface area contributed by atoms with E-state index in [0.717, 1.165) is 37.6 Å². The Morgan fingerprint density at radius 3 is 2.79 bits per heavy atom. The molecular weight excluding hydrogens is 242 g/mol. The lowest BCUT2D eigenvalue weighted by molar-refractivity contribution is 0.0384. The summed E-state index contributed by atoms with van der Waals surface area (Å²) in [6.07, 6.45) is 4.58. The van der Waals surface area contributed by atoms with E-state index >= 15 is 0 Å². The molecule has 0 bridgehead atoms. The molecule has 1 N–H and O–H groups in total. The van der Waals surface area contributed by atoms with Crippen molar-refractivity contribution in [3.05, 3.63) is 11.7 Å². The zero-order valence-electron chi connectivity index (χ0n) is 11.8. The molecule has 106 valence electrons. The molecule has 1 atom stereocenters. The third-order valence-electron chi connectivity index (χ3n) is 4.32. The van der Waals surface area contributed by atoms with Crippen molar-refractivity contribution in [2.75, 3.05) is 19.7 Å². The van der Waals surface area contributed by atoms with E-state index in [9.17, 15) is 0 Å². The first-order chi connectivity index (χ1) is 9.23. The zero-order chi connectivity index (χ0) is 13.3. The van der Waals surface area contributed by atoms with Crippen LogP contribution in [0.3, 0.4) is 0 Å². The van der Waals surface area contributed by atoms with E-state index in [1.807, 2.05) is 6.92 Å². The number of piperidine rings is 1. The van der Waals surface area contributed by atoms with Crippen molar-refractivity contribution in [2.45, 2.75) is 51.0 Å². The van der Waals surface area contributed by atoms with Crippen LogP contribution in [0.4, 0.5) is 0 Å². The summed E-state index contributed by atoms with van der Waals surface area (Å²) in [5, 5.41) is 7.56. The van der Waals surface area contributed by atoms with Crippen LogP contribution >= 0.6 is 0 Å². The normalized spacial score (nSPS) is 24.3. The minimum absolute atomic E-state index is 0.0246. The molecule has 1 aliphatic carbocycles. The van der Waals surface area contributed by atoms with E-state index in [1.54, 1.807) is 0 Å². The molecular formula is C14H23N3O2. The highest BCUT2D eigenvalue weighted by Gasteiger charge is 2.39. The highest BCUT2D eigenvalue weighted by atomic mass is 16.5. The molecule has 1 aromatic heterocycles. The first kappa shape index (κ1) is 13.1. The van der Waals surface area contributed by atoms with Crippen LogP contribution in [0.1, 0.15) is 57.3 Å². The first-order valence-corrected chi connectivity index (χ1v) is 7.39. The van der Waals surface area contributed by atoms with Gasteiger partial charge in [-0.25, -0.2) is 0 Å². The van der Waals surface area contributed by atoms with Gasteiger partial charge in [-0.2, -0.15) is 4.98 Å². The summed E-state index contributed by atoms with van der Waals surface area (Å²) in [5.41, 5.74) is 0.0246. The minimum Gasteiger partial charge on any atom is -0.370 e. The van der Waals surface area contributed by atoms with Crippen molar-refractivity contribution >= 4 is 0 Å². The van der Waals surface area contributed by atoms with Gasteiger partial charge in [0.15, 0.2) is 0 Å². The third kappa shape index (κ3) is 2.67. The molecule has 0 aromatic carbocycles. The van der Waals surface area contributed by atoms with Crippen molar-refractivity contribution in [1.29, 1.82) is 0 Å². The molecule has 1 aliphatic heterocycles. The standard InChI is InChI=1S/C14H23N3O2/c1-3-18-11(10-4-5-10)12-16-13(19-17-12)14(2)6-8-15-9-7-14/h10-11,15H,3-9H2,1-2H3. The topological polar surface area (TPSA) is 60.2 Å². The molecule has 5 nitrogen and oxygen atoms in total. The van der Waals surface area contributed by atoms with Gasteiger partial charge in [-0.1, -0.05) is 12.1 Å². The van der Waals surface area contributed by atoms with Crippen molar-refractivity contribution in [1.82, 2.24) is 15.5 Å². The molecule has 1 aromatic rings. The molecule has 2 aliphatic rings. The molecule has 0 amide bonds.